The number of hydrogen-bond acceptors (Lipinski definition) is 2. The van der Waals surface area contributed by atoms with Gasteiger partial charge in [0.05, 0.1) is 11.2 Å². The first-order chi connectivity index (χ1) is 8.39. The van der Waals surface area contributed by atoms with Crippen molar-refractivity contribution < 1.29 is 4.74 Å². The minimum atomic E-state index is -0.0373. The zero-order valence-electron chi connectivity index (χ0n) is 12.5. The van der Waals surface area contributed by atoms with E-state index in [0.29, 0.717) is 6.04 Å². The van der Waals surface area contributed by atoms with Crippen molar-refractivity contribution in [2.24, 2.45) is 0 Å². The second kappa shape index (κ2) is 5.34. The third-order valence-corrected chi connectivity index (χ3v) is 4.30. The van der Waals surface area contributed by atoms with E-state index in [1.165, 1.54) is 32.1 Å². The fraction of sp³-hybridized carbons (Fsp3) is 0.875. The molecule has 1 aliphatic heterocycles. The molecule has 1 heterocycles. The Bertz CT molecular complexity index is 317. The van der Waals surface area contributed by atoms with Crippen molar-refractivity contribution >= 4 is 0 Å². The Hall–Kier alpha value is -0.340. The van der Waals surface area contributed by atoms with Crippen LogP contribution in [-0.4, -0.2) is 23.8 Å². The van der Waals surface area contributed by atoms with Crippen LogP contribution in [-0.2, 0) is 4.74 Å². The van der Waals surface area contributed by atoms with Crippen LogP contribution in [0.2, 0.25) is 0 Å². The summed E-state index contributed by atoms with van der Waals surface area (Å²) >= 11 is 0. The normalized spacial score (nSPS) is 30.2. The molecular formula is C16H29NO. The van der Waals surface area contributed by atoms with Gasteiger partial charge in [-0.1, -0.05) is 11.6 Å². The molecule has 1 atom stereocenters. The van der Waals surface area contributed by atoms with Crippen LogP contribution in [0, 0.1) is 0 Å². The van der Waals surface area contributed by atoms with Crippen LogP contribution in [0.4, 0.5) is 0 Å². The van der Waals surface area contributed by atoms with Crippen molar-refractivity contribution in [3.63, 3.8) is 0 Å². The van der Waals surface area contributed by atoms with Crippen LogP contribution >= 0.6 is 0 Å². The highest BCUT2D eigenvalue weighted by Gasteiger charge is 2.45. The van der Waals surface area contributed by atoms with Gasteiger partial charge in [-0.25, -0.2) is 0 Å². The monoisotopic (exact) mass is 251 g/mol. The molecule has 0 spiro atoms. The van der Waals surface area contributed by atoms with E-state index in [1.54, 1.807) is 5.57 Å². The summed E-state index contributed by atoms with van der Waals surface area (Å²) in [4.78, 5) is 0. The van der Waals surface area contributed by atoms with E-state index in [4.69, 9.17) is 4.74 Å². The Morgan fingerprint density at radius 1 is 1.28 bits per heavy atom. The first-order valence-electron chi connectivity index (χ1n) is 7.50. The molecule has 0 aromatic rings. The molecule has 0 aromatic heterocycles. The number of rotatable bonds is 4. The molecule has 2 aliphatic rings. The van der Waals surface area contributed by atoms with Gasteiger partial charge in [-0.2, -0.15) is 0 Å². The quantitative estimate of drug-likeness (QED) is 0.767. The predicted molar refractivity (Wildman–Crippen MR) is 76.8 cm³/mol. The maximum absolute atomic E-state index is 6.11. The summed E-state index contributed by atoms with van der Waals surface area (Å²) < 4.78 is 6.11. The largest absolute Gasteiger partial charge is 0.368 e. The number of allylic oxidation sites excluding steroid dienone is 1. The fourth-order valence-corrected chi connectivity index (χ4v) is 3.42. The molecule has 1 fully saturated rings. The molecule has 0 aromatic carbocycles. The molecule has 2 rings (SSSR count). The lowest BCUT2D eigenvalue weighted by Crippen LogP contribution is -2.43. The summed E-state index contributed by atoms with van der Waals surface area (Å²) in [7, 11) is 0. The smallest absolute Gasteiger partial charge is 0.0787 e. The minimum absolute atomic E-state index is 0.0191. The lowest BCUT2D eigenvalue weighted by atomic mass is 9.93. The molecule has 18 heavy (non-hydrogen) atoms. The van der Waals surface area contributed by atoms with Crippen LogP contribution in [0.25, 0.3) is 0 Å². The van der Waals surface area contributed by atoms with E-state index in [0.717, 1.165) is 13.0 Å². The summed E-state index contributed by atoms with van der Waals surface area (Å²) in [6.45, 7) is 9.90. The van der Waals surface area contributed by atoms with Gasteiger partial charge in [0.15, 0.2) is 0 Å². The van der Waals surface area contributed by atoms with Gasteiger partial charge >= 0.3 is 0 Å². The van der Waals surface area contributed by atoms with Crippen molar-refractivity contribution in [3.8, 4) is 0 Å². The fourth-order valence-electron chi connectivity index (χ4n) is 3.42. The predicted octanol–water partition coefficient (Wildman–Crippen LogP) is 3.81. The molecule has 104 valence electrons. The minimum Gasteiger partial charge on any atom is -0.368 e. The van der Waals surface area contributed by atoms with Crippen LogP contribution in [0.5, 0.6) is 0 Å². The highest BCUT2D eigenvalue weighted by molar-refractivity contribution is 5.06. The average Bonchev–Trinajstić information content (AvgIpc) is 2.48. The molecule has 0 saturated carbocycles. The molecule has 1 aliphatic carbocycles. The van der Waals surface area contributed by atoms with E-state index >= 15 is 0 Å². The van der Waals surface area contributed by atoms with Gasteiger partial charge in [0.1, 0.15) is 0 Å². The van der Waals surface area contributed by atoms with E-state index in [1.807, 2.05) is 0 Å². The van der Waals surface area contributed by atoms with Crippen LogP contribution in [0.1, 0.15) is 66.2 Å². The van der Waals surface area contributed by atoms with Gasteiger partial charge in [-0.05, 0) is 72.8 Å². The standard InChI is InChI=1S/C16H29NO/c1-15(2)12-14(16(3,4)18-15)17-11-10-13-8-6-5-7-9-13/h8,14,17H,5-7,9-12H2,1-4H3. The first kappa shape index (κ1) is 14.1. The zero-order valence-corrected chi connectivity index (χ0v) is 12.5. The van der Waals surface area contributed by atoms with E-state index in [9.17, 15) is 0 Å². The summed E-state index contributed by atoms with van der Waals surface area (Å²) in [5.74, 6) is 0. The number of nitrogens with one attached hydrogen (secondary N) is 1. The Kier molecular flexibility index (Phi) is 4.18. The van der Waals surface area contributed by atoms with Crippen LogP contribution in [0.15, 0.2) is 11.6 Å². The molecular weight excluding hydrogens is 222 g/mol. The molecule has 0 amide bonds. The lowest BCUT2D eigenvalue weighted by Gasteiger charge is -2.28. The van der Waals surface area contributed by atoms with E-state index in [2.05, 4.69) is 39.1 Å². The molecule has 2 nitrogen and oxygen atoms in total. The Morgan fingerprint density at radius 3 is 2.61 bits per heavy atom. The van der Waals surface area contributed by atoms with Crippen molar-refractivity contribution in [1.82, 2.24) is 5.32 Å². The van der Waals surface area contributed by atoms with Gasteiger partial charge < -0.3 is 10.1 Å². The van der Waals surface area contributed by atoms with Gasteiger partial charge in [-0.3, -0.25) is 0 Å². The molecule has 1 unspecified atom stereocenters. The SMILES string of the molecule is CC1(C)CC(NCCC2=CCCCC2)C(C)(C)O1. The molecule has 0 radical (unpaired) electrons. The highest BCUT2D eigenvalue weighted by atomic mass is 16.5. The summed E-state index contributed by atoms with van der Waals surface area (Å²) in [5, 5.41) is 3.71. The number of hydrogen-bond donors (Lipinski definition) is 1. The van der Waals surface area contributed by atoms with Crippen molar-refractivity contribution in [3.05, 3.63) is 11.6 Å². The van der Waals surface area contributed by atoms with Gasteiger partial charge in [0.25, 0.3) is 0 Å². The second-order valence-electron chi connectivity index (χ2n) is 7.03. The Balaban J connectivity index is 1.78. The Morgan fingerprint density at radius 2 is 2.06 bits per heavy atom. The highest BCUT2D eigenvalue weighted by Crippen LogP contribution is 2.37. The molecule has 1 N–H and O–H groups in total. The van der Waals surface area contributed by atoms with Crippen LogP contribution < -0.4 is 5.32 Å². The maximum atomic E-state index is 6.11. The van der Waals surface area contributed by atoms with Crippen molar-refractivity contribution in [1.29, 1.82) is 0 Å². The van der Waals surface area contributed by atoms with Crippen LogP contribution in [0.3, 0.4) is 0 Å². The summed E-state index contributed by atoms with van der Waals surface area (Å²) in [6, 6.07) is 0.483. The first-order valence-corrected chi connectivity index (χ1v) is 7.50. The zero-order chi connectivity index (χ0) is 13.2. The second-order valence-corrected chi connectivity index (χ2v) is 7.03. The number of ether oxygens (including phenoxy) is 1. The molecule has 2 heteroatoms. The van der Waals surface area contributed by atoms with E-state index < -0.39 is 0 Å². The van der Waals surface area contributed by atoms with E-state index in [-0.39, 0.29) is 11.2 Å². The molecule has 1 saturated heterocycles. The van der Waals surface area contributed by atoms with Crippen molar-refractivity contribution in [2.45, 2.75) is 83.5 Å². The average molecular weight is 251 g/mol. The maximum Gasteiger partial charge on any atom is 0.0787 e. The third kappa shape index (κ3) is 3.58. The van der Waals surface area contributed by atoms with Gasteiger partial charge in [0, 0.05) is 6.04 Å². The Labute approximate surface area is 112 Å². The summed E-state index contributed by atoms with van der Waals surface area (Å²) in [5.41, 5.74) is 1.64. The van der Waals surface area contributed by atoms with Gasteiger partial charge in [-0.15, -0.1) is 0 Å². The lowest BCUT2D eigenvalue weighted by molar-refractivity contribution is -0.0697. The van der Waals surface area contributed by atoms with Gasteiger partial charge in [0.2, 0.25) is 0 Å². The summed E-state index contributed by atoms with van der Waals surface area (Å²) in [6.07, 6.45) is 10.2. The topological polar surface area (TPSA) is 21.3 Å². The van der Waals surface area contributed by atoms with Crippen molar-refractivity contribution in [2.75, 3.05) is 6.54 Å². The third-order valence-electron chi connectivity index (χ3n) is 4.30. The molecule has 0 bridgehead atoms.